The highest BCUT2D eigenvalue weighted by Crippen LogP contribution is 2.34. The number of benzene rings is 3. The summed E-state index contributed by atoms with van der Waals surface area (Å²) in [6.45, 7) is 3.06. The molecule has 156 valence electrons. The second kappa shape index (κ2) is 10.8. The summed E-state index contributed by atoms with van der Waals surface area (Å²) in [7, 11) is 3.88. The molecule has 0 radical (unpaired) electrons. The molecular formula is C27H31NO2. The fourth-order valence-electron chi connectivity index (χ4n) is 3.67. The molecule has 0 bridgehead atoms. The van der Waals surface area contributed by atoms with Crippen molar-refractivity contribution in [3.63, 3.8) is 0 Å². The van der Waals surface area contributed by atoms with Crippen molar-refractivity contribution in [2.75, 3.05) is 27.2 Å². The van der Waals surface area contributed by atoms with Gasteiger partial charge in [-0.15, -0.1) is 0 Å². The average molecular weight is 402 g/mol. The van der Waals surface area contributed by atoms with Crippen molar-refractivity contribution in [1.82, 2.24) is 4.90 Å². The van der Waals surface area contributed by atoms with E-state index in [1.165, 1.54) is 22.3 Å². The lowest BCUT2D eigenvalue weighted by molar-refractivity contribution is 0.0831. The van der Waals surface area contributed by atoms with Crippen molar-refractivity contribution in [3.05, 3.63) is 102 Å². The minimum Gasteiger partial charge on any atom is -0.491 e. The molecular weight excluding hydrogens is 370 g/mol. The van der Waals surface area contributed by atoms with Gasteiger partial charge in [-0.1, -0.05) is 79.7 Å². The van der Waals surface area contributed by atoms with Gasteiger partial charge in [0.2, 0.25) is 0 Å². The fraction of sp³-hybridized carbons (Fsp3) is 0.259. The summed E-state index contributed by atoms with van der Waals surface area (Å²) in [6.07, 6.45) is 0.424. The number of nitrogens with zero attached hydrogens (tertiary/aromatic N) is 1. The van der Waals surface area contributed by atoms with Gasteiger partial charge >= 0.3 is 0 Å². The molecule has 0 heterocycles. The number of allylic oxidation sites excluding steroid dienone is 1. The molecule has 0 aromatic heterocycles. The molecule has 3 heteroatoms. The summed E-state index contributed by atoms with van der Waals surface area (Å²) >= 11 is 0. The normalized spacial score (nSPS) is 13.1. The molecule has 0 aliphatic carbocycles. The summed E-state index contributed by atoms with van der Waals surface area (Å²) in [5.41, 5.74) is 6.16. The topological polar surface area (TPSA) is 32.7 Å². The third kappa shape index (κ3) is 5.82. The van der Waals surface area contributed by atoms with Gasteiger partial charge in [-0.05, 0) is 60.5 Å². The van der Waals surface area contributed by atoms with Crippen LogP contribution in [0.5, 0.6) is 5.75 Å². The number of ether oxygens (including phenoxy) is 1. The van der Waals surface area contributed by atoms with E-state index in [4.69, 9.17) is 4.74 Å². The minimum absolute atomic E-state index is 0.281. The van der Waals surface area contributed by atoms with Crippen LogP contribution in [-0.2, 0) is 0 Å². The van der Waals surface area contributed by atoms with Gasteiger partial charge in [-0.25, -0.2) is 0 Å². The van der Waals surface area contributed by atoms with Crippen LogP contribution in [0.1, 0.15) is 30.0 Å². The van der Waals surface area contributed by atoms with Gasteiger partial charge in [-0.3, -0.25) is 0 Å². The molecule has 0 aliphatic heterocycles. The van der Waals surface area contributed by atoms with Crippen LogP contribution in [0.25, 0.3) is 11.1 Å². The van der Waals surface area contributed by atoms with E-state index in [1.54, 1.807) is 0 Å². The monoisotopic (exact) mass is 401 g/mol. The van der Waals surface area contributed by atoms with Crippen LogP contribution in [0.15, 0.2) is 84.9 Å². The number of rotatable bonds is 9. The van der Waals surface area contributed by atoms with Gasteiger partial charge in [0.25, 0.3) is 0 Å². The fourth-order valence-corrected chi connectivity index (χ4v) is 3.67. The minimum atomic E-state index is -0.510. The number of aliphatic hydroxyl groups excluding tert-OH is 1. The van der Waals surface area contributed by atoms with Crippen LogP contribution in [0.4, 0.5) is 0 Å². The smallest absolute Gasteiger partial charge is 0.119 e. The summed E-state index contributed by atoms with van der Waals surface area (Å²) in [5, 5.41) is 10.0. The Morgan fingerprint density at radius 2 is 1.33 bits per heavy atom. The van der Waals surface area contributed by atoms with Crippen LogP contribution < -0.4 is 4.74 Å². The van der Waals surface area contributed by atoms with E-state index in [9.17, 15) is 5.11 Å². The summed E-state index contributed by atoms with van der Waals surface area (Å²) < 4.78 is 5.79. The van der Waals surface area contributed by atoms with Crippen LogP contribution in [0.3, 0.4) is 0 Å². The quantitative estimate of drug-likeness (QED) is 0.490. The van der Waals surface area contributed by atoms with E-state index in [2.05, 4.69) is 73.7 Å². The maximum Gasteiger partial charge on any atom is 0.119 e. The van der Waals surface area contributed by atoms with E-state index in [1.807, 2.05) is 37.2 Å². The molecule has 3 aromatic carbocycles. The van der Waals surface area contributed by atoms with Gasteiger partial charge in [0.15, 0.2) is 0 Å². The highest BCUT2D eigenvalue weighted by Gasteiger charge is 2.13. The zero-order valence-corrected chi connectivity index (χ0v) is 18.1. The number of likely N-dealkylation sites (N-methyl/N-ethyl adjacent to an activating group) is 1. The molecule has 3 nitrogen and oxygen atoms in total. The van der Waals surface area contributed by atoms with Crippen molar-refractivity contribution in [2.45, 2.75) is 19.4 Å². The zero-order chi connectivity index (χ0) is 21.3. The maximum absolute atomic E-state index is 10.0. The molecule has 1 N–H and O–H groups in total. The molecule has 3 aromatic rings. The van der Waals surface area contributed by atoms with E-state index in [0.717, 1.165) is 17.7 Å². The third-order valence-electron chi connectivity index (χ3n) is 5.00. The summed E-state index contributed by atoms with van der Waals surface area (Å²) in [6, 6.07) is 29.3. The Kier molecular flexibility index (Phi) is 7.83. The first-order chi connectivity index (χ1) is 14.6. The third-order valence-corrected chi connectivity index (χ3v) is 5.00. The Labute approximate surface area is 180 Å². The van der Waals surface area contributed by atoms with E-state index in [0.29, 0.717) is 6.54 Å². The van der Waals surface area contributed by atoms with E-state index < -0.39 is 6.10 Å². The molecule has 0 saturated heterocycles. The molecule has 3 rings (SSSR count). The Bertz CT molecular complexity index is 932. The molecule has 0 fully saturated rings. The van der Waals surface area contributed by atoms with Crippen molar-refractivity contribution in [3.8, 4) is 5.75 Å². The Hall–Kier alpha value is -2.88. The standard InChI is InChI=1S/C27H31NO2/c1-4-26(21-11-7-5-8-12-21)27(22-13-9-6-10-14-22)23-15-17-25(18-16-23)30-20-24(29)19-28(2)3/h5-18,24,29H,4,19-20H2,1-3H3. The highest BCUT2D eigenvalue weighted by atomic mass is 16.5. The van der Waals surface area contributed by atoms with Crippen LogP contribution in [0, 0.1) is 0 Å². The van der Waals surface area contributed by atoms with Crippen LogP contribution >= 0.6 is 0 Å². The van der Waals surface area contributed by atoms with Crippen LogP contribution in [0.2, 0.25) is 0 Å². The van der Waals surface area contributed by atoms with Crippen LogP contribution in [-0.4, -0.2) is 43.4 Å². The number of aliphatic hydroxyl groups is 1. The number of hydrogen-bond donors (Lipinski definition) is 1. The molecule has 0 saturated carbocycles. The predicted octanol–water partition coefficient (Wildman–Crippen LogP) is 5.36. The Morgan fingerprint density at radius 3 is 1.87 bits per heavy atom. The first-order valence-electron chi connectivity index (χ1n) is 10.5. The van der Waals surface area contributed by atoms with Crippen molar-refractivity contribution < 1.29 is 9.84 Å². The lowest BCUT2D eigenvalue weighted by Crippen LogP contribution is -2.30. The maximum atomic E-state index is 10.0. The average Bonchev–Trinajstić information content (AvgIpc) is 2.77. The van der Waals surface area contributed by atoms with E-state index >= 15 is 0 Å². The second-order valence-corrected chi connectivity index (χ2v) is 7.69. The number of hydrogen-bond acceptors (Lipinski definition) is 3. The first-order valence-corrected chi connectivity index (χ1v) is 10.5. The van der Waals surface area contributed by atoms with E-state index in [-0.39, 0.29) is 6.61 Å². The van der Waals surface area contributed by atoms with Crippen molar-refractivity contribution in [1.29, 1.82) is 0 Å². The SMILES string of the molecule is CCC(=C(c1ccccc1)c1ccc(OCC(O)CN(C)C)cc1)c1ccccc1. The molecule has 1 unspecified atom stereocenters. The van der Waals surface area contributed by atoms with Crippen molar-refractivity contribution >= 4 is 11.1 Å². The Morgan fingerprint density at radius 1 is 0.800 bits per heavy atom. The first kappa shape index (κ1) is 21.8. The largest absolute Gasteiger partial charge is 0.491 e. The summed E-state index contributed by atoms with van der Waals surface area (Å²) in [5.74, 6) is 0.765. The van der Waals surface area contributed by atoms with Crippen molar-refractivity contribution in [2.24, 2.45) is 0 Å². The lowest BCUT2D eigenvalue weighted by atomic mass is 9.88. The molecule has 1 atom stereocenters. The Balaban J connectivity index is 1.92. The highest BCUT2D eigenvalue weighted by molar-refractivity contribution is 5.98. The molecule has 30 heavy (non-hydrogen) atoms. The molecule has 0 amide bonds. The lowest BCUT2D eigenvalue weighted by Gasteiger charge is -2.18. The van der Waals surface area contributed by atoms with Gasteiger partial charge in [0, 0.05) is 6.54 Å². The zero-order valence-electron chi connectivity index (χ0n) is 18.1. The van der Waals surface area contributed by atoms with Gasteiger partial charge in [0.05, 0.1) is 0 Å². The molecule has 0 spiro atoms. The van der Waals surface area contributed by atoms with Gasteiger partial charge in [0.1, 0.15) is 18.5 Å². The van der Waals surface area contributed by atoms with Gasteiger partial charge in [-0.2, -0.15) is 0 Å². The van der Waals surface area contributed by atoms with Gasteiger partial charge < -0.3 is 14.7 Å². The summed E-state index contributed by atoms with van der Waals surface area (Å²) in [4.78, 5) is 1.95. The molecule has 0 aliphatic rings. The predicted molar refractivity (Wildman–Crippen MR) is 126 cm³/mol. The second-order valence-electron chi connectivity index (χ2n) is 7.69.